The Morgan fingerprint density at radius 3 is 2.26 bits per heavy atom. The number of carbonyl (C=O) groups is 2. The molecular formula is C25H26N2O4. The normalized spacial score (nSPS) is 12.4. The smallest absolute Gasteiger partial charge is 0.265 e. The molecular weight excluding hydrogens is 392 g/mol. The molecule has 0 spiro atoms. The van der Waals surface area contributed by atoms with Crippen molar-refractivity contribution in [3.05, 3.63) is 90.0 Å². The lowest BCUT2D eigenvalue weighted by Gasteiger charge is -2.18. The Kier molecular flexibility index (Phi) is 7.27. The van der Waals surface area contributed by atoms with Crippen molar-refractivity contribution in [2.24, 2.45) is 0 Å². The van der Waals surface area contributed by atoms with E-state index in [0.717, 1.165) is 5.56 Å². The van der Waals surface area contributed by atoms with Crippen molar-refractivity contribution in [1.29, 1.82) is 0 Å². The first-order valence-corrected chi connectivity index (χ1v) is 10.0. The minimum absolute atomic E-state index is 0.173. The third-order valence-electron chi connectivity index (χ3n) is 4.80. The van der Waals surface area contributed by atoms with Crippen molar-refractivity contribution in [2.45, 2.75) is 26.0 Å². The Morgan fingerprint density at radius 2 is 1.52 bits per heavy atom. The molecule has 160 valence electrons. The van der Waals surface area contributed by atoms with Crippen LogP contribution in [0.15, 0.2) is 78.9 Å². The van der Waals surface area contributed by atoms with Crippen molar-refractivity contribution < 1.29 is 19.1 Å². The second kappa shape index (κ2) is 10.3. The molecule has 3 aromatic rings. The Labute approximate surface area is 182 Å². The van der Waals surface area contributed by atoms with Crippen LogP contribution in [0.3, 0.4) is 0 Å². The summed E-state index contributed by atoms with van der Waals surface area (Å²) in [6, 6.07) is 23.4. The fraction of sp³-hybridized carbons (Fsp3) is 0.200. The van der Waals surface area contributed by atoms with Gasteiger partial charge >= 0.3 is 0 Å². The summed E-state index contributed by atoms with van der Waals surface area (Å²) in [5.74, 6) is 0.525. The lowest BCUT2D eigenvalue weighted by atomic mass is 10.1. The van der Waals surface area contributed by atoms with Gasteiger partial charge in [0.2, 0.25) is 0 Å². The number of hydrogen-bond acceptors (Lipinski definition) is 4. The summed E-state index contributed by atoms with van der Waals surface area (Å²) in [6.07, 6.45) is -0.772. The third kappa shape index (κ3) is 5.85. The first kappa shape index (κ1) is 21.9. The molecule has 31 heavy (non-hydrogen) atoms. The van der Waals surface area contributed by atoms with Gasteiger partial charge in [0, 0.05) is 6.07 Å². The first-order valence-electron chi connectivity index (χ1n) is 10.0. The van der Waals surface area contributed by atoms with E-state index >= 15 is 0 Å². The average Bonchev–Trinajstić information content (AvgIpc) is 2.80. The summed E-state index contributed by atoms with van der Waals surface area (Å²) in [6.45, 7) is 3.56. The largest absolute Gasteiger partial charge is 0.497 e. The highest BCUT2D eigenvalue weighted by molar-refractivity contribution is 6.04. The maximum atomic E-state index is 12.9. The van der Waals surface area contributed by atoms with Crippen LogP contribution >= 0.6 is 0 Å². The Bertz CT molecular complexity index is 1040. The zero-order valence-corrected chi connectivity index (χ0v) is 17.8. The van der Waals surface area contributed by atoms with Gasteiger partial charge in [-0.2, -0.15) is 0 Å². The fourth-order valence-corrected chi connectivity index (χ4v) is 3.06. The molecule has 6 nitrogen and oxygen atoms in total. The van der Waals surface area contributed by atoms with E-state index in [-0.39, 0.29) is 17.9 Å². The van der Waals surface area contributed by atoms with E-state index in [1.807, 2.05) is 37.3 Å². The summed E-state index contributed by atoms with van der Waals surface area (Å²) >= 11 is 0. The Hall–Kier alpha value is -3.80. The lowest BCUT2D eigenvalue weighted by molar-refractivity contribution is -0.122. The molecule has 0 aliphatic carbocycles. The van der Waals surface area contributed by atoms with E-state index in [4.69, 9.17) is 9.47 Å². The van der Waals surface area contributed by atoms with Gasteiger partial charge in [0.05, 0.1) is 24.4 Å². The second-order valence-corrected chi connectivity index (χ2v) is 7.08. The van der Waals surface area contributed by atoms with E-state index in [1.165, 1.54) is 0 Å². The number of benzene rings is 3. The number of ether oxygens (including phenoxy) is 2. The average molecular weight is 418 g/mol. The second-order valence-electron chi connectivity index (χ2n) is 7.08. The molecule has 2 atom stereocenters. The molecule has 2 unspecified atom stereocenters. The summed E-state index contributed by atoms with van der Waals surface area (Å²) in [4.78, 5) is 25.5. The highest BCUT2D eigenvalue weighted by Crippen LogP contribution is 2.21. The standard InChI is InChI=1S/C25H26N2O4/c1-17(19-10-5-4-6-11-19)26-25(29)22-14-7-8-15-23(22)27-24(28)18(2)31-21-13-9-12-20(16-21)30-3/h4-18H,1-3H3,(H,26,29)(H,27,28). The van der Waals surface area contributed by atoms with Crippen molar-refractivity contribution in [1.82, 2.24) is 5.32 Å². The summed E-state index contributed by atoms with van der Waals surface area (Å²) in [5.41, 5.74) is 1.80. The molecule has 0 aromatic heterocycles. The van der Waals surface area contributed by atoms with Crippen LogP contribution in [0, 0.1) is 0 Å². The van der Waals surface area contributed by atoms with Crippen molar-refractivity contribution >= 4 is 17.5 Å². The number of carbonyl (C=O) groups excluding carboxylic acids is 2. The van der Waals surface area contributed by atoms with Gasteiger partial charge in [-0.1, -0.05) is 48.5 Å². The van der Waals surface area contributed by atoms with E-state index < -0.39 is 6.10 Å². The molecule has 6 heteroatoms. The molecule has 0 fully saturated rings. The molecule has 3 aromatic carbocycles. The molecule has 0 aliphatic heterocycles. The van der Waals surface area contributed by atoms with Gasteiger partial charge in [0.25, 0.3) is 11.8 Å². The van der Waals surface area contributed by atoms with E-state index in [0.29, 0.717) is 22.7 Å². The topological polar surface area (TPSA) is 76.7 Å². The van der Waals surface area contributed by atoms with Gasteiger partial charge in [-0.05, 0) is 43.7 Å². The molecule has 0 saturated heterocycles. The lowest BCUT2D eigenvalue weighted by Crippen LogP contribution is -2.32. The monoisotopic (exact) mass is 418 g/mol. The van der Waals surface area contributed by atoms with Gasteiger partial charge in [0.1, 0.15) is 11.5 Å². The van der Waals surface area contributed by atoms with E-state index in [1.54, 1.807) is 62.6 Å². The summed E-state index contributed by atoms with van der Waals surface area (Å²) in [7, 11) is 1.57. The van der Waals surface area contributed by atoms with Crippen LogP contribution in [0.25, 0.3) is 0 Å². The van der Waals surface area contributed by atoms with Gasteiger partial charge in [0.15, 0.2) is 6.10 Å². The van der Waals surface area contributed by atoms with Gasteiger partial charge in [-0.3, -0.25) is 9.59 Å². The van der Waals surface area contributed by atoms with Crippen LogP contribution in [0.2, 0.25) is 0 Å². The van der Waals surface area contributed by atoms with Gasteiger partial charge in [-0.15, -0.1) is 0 Å². The van der Waals surface area contributed by atoms with Crippen molar-refractivity contribution in [3.8, 4) is 11.5 Å². The quantitative estimate of drug-likeness (QED) is 0.561. The number of methoxy groups -OCH3 is 1. The van der Waals surface area contributed by atoms with Crippen molar-refractivity contribution in [2.75, 3.05) is 12.4 Å². The number of hydrogen-bond donors (Lipinski definition) is 2. The first-order chi connectivity index (χ1) is 15.0. The molecule has 0 heterocycles. The van der Waals surface area contributed by atoms with Crippen LogP contribution in [0.1, 0.15) is 35.8 Å². The van der Waals surface area contributed by atoms with Crippen LogP contribution in [0.5, 0.6) is 11.5 Å². The van der Waals surface area contributed by atoms with E-state index in [2.05, 4.69) is 10.6 Å². The zero-order chi connectivity index (χ0) is 22.2. The third-order valence-corrected chi connectivity index (χ3v) is 4.80. The highest BCUT2D eigenvalue weighted by atomic mass is 16.5. The highest BCUT2D eigenvalue weighted by Gasteiger charge is 2.19. The van der Waals surface area contributed by atoms with Crippen molar-refractivity contribution in [3.63, 3.8) is 0 Å². The van der Waals surface area contributed by atoms with Crippen LogP contribution in [0.4, 0.5) is 5.69 Å². The Morgan fingerprint density at radius 1 is 0.839 bits per heavy atom. The number of anilines is 1. The fourth-order valence-electron chi connectivity index (χ4n) is 3.06. The minimum atomic E-state index is -0.772. The molecule has 2 N–H and O–H groups in total. The number of para-hydroxylation sites is 1. The molecule has 0 bridgehead atoms. The van der Waals surface area contributed by atoms with Gasteiger partial charge < -0.3 is 20.1 Å². The number of nitrogens with one attached hydrogen (secondary N) is 2. The zero-order valence-electron chi connectivity index (χ0n) is 17.8. The molecule has 3 rings (SSSR count). The van der Waals surface area contributed by atoms with Gasteiger partial charge in [-0.25, -0.2) is 0 Å². The summed E-state index contributed by atoms with van der Waals surface area (Å²) in [5, 5.41) is 5.77. The molecule has 0 radical (unpaired) electrons. The maximum Gasteiger partial charge on any atom is 0.265 e. The van der Waals surface area contributed by atoms with E-state index in [9.17, 15) is 9.59 Å². The van der Waals surface area contributed by atoms with Crippen LogP contribution < -0.4 is 20.1 Å². The predicted octanol–water partition coefficient (Wildman–Crippen LogP) is 4.59. The SMILES string of the molecule is COc1cccc(OC(C)C(=O)Nc2ccccc2C(=O)NC(C)c2ccccc2)c1. The van der Waals surface area contributed by atoms with Crippen LogP contribution in [-0.4, -0.2) is 25.0 Å². The number of rotatable bonds is 8. The minimum Gasteiger partial charge on any atom is -0.497 e. The molecule has 0 aliphatic rings. The maximum absolute atomic E-state index is 12.9. The Balaban J connectivity index is 1.67. The molecule has 0 saturated carbocycles. The van der Waals surface area contributed by atoms with Crippen LogP contribution in [-0.2, 0) is 4.79 Å². The molecule has 2 amide bonds. The summed E-state index contributed by atoms with van der Waals surface area (Å²) < 4.78 is 10.9. The number of amides is 2. The predicted molar refractivity (Wildman–Crippen MR) is 120 cm³/mol.